The third kappa shape index (κ3) is 2.05. The first-order valence-electron chi connectivity index (χ1n) is 7.62. The van der Waals surface area contributed by atoms with Gasteiger partial charge in [0.2, 0.25) is 0 Å². The number of rotatable bonds is 3. The van der Waals surface area contributed by atoms with Crippen molar-refractivity contribution in [2.24, 2.45) is 0 Å². The average Bonchev–Trinajstić information content (AvgIpc) is 3.09. The molecule has 106 valence electrons. The zero-order valence-corrected chi connectivity index (χ0v) is 12.2. The number of aromatic nitrogens is 2. The Kier molecular flexibility index (Phi) is 3.00. The van der Waals surface area contributed by atoms with Crippen molar-refractivity contribution in [1.82, 2.24) is 14.9 Å². The molecule has 1 unspecified atom stereocenters. The number of hydrogen-bond donors (Lipinski definition) is 1. The van der Waals surface area contributed by atoms with Crippen LogP contribution in [0.15, 0.2) is 48.5 Å². The van der Waals surface area contributed by atoms with Crippen LogP contribution in [-0.2, 0) is 19.5 Å². The molecule has 0 radical (unpaired) electrons. The molecule has 2 heterocycles. The normalized spacial score (nSPS) is 17.3. The maximum absolute atomic E-state index is 4.84. The van der Waals surface area contributed by atoms with E-state index in [4.69, 9.17) is 4.98 Å². The Morgan fingerprint density at radius 2 is 1.95 bits per heavy atom. The van der Waals surface area contributed by atoms with Gasteiger partial charge in [0.05, 0.1) is 11.0 Å². The minimum Gasteiger partial charge on any atom is -0.328 e. The van der Waals surface area contributed by atoms with Crippen molar-refractivity contribution < 1.29 is 0 Å². The summed E-state index contributed by atoms with van der Waals surface area (Å²) in [4.78, 5) is 4.84. The zero-order valence-electron chi connectivity index (χ0n) is 12.2. The summed E-state index contributed by atoms with van der Waals surface area (Å²) >= 11 is 0. The van der Waals surface area contributed by atoms with Crippen LogP contribution in [-0.4, -0.2) is 9.55 Å². The van der Waals surface area contributed by atoms with Gasteiger partial charge in [0.15, 0.2) is 0 Å². The lowest BCUT2D eigenvalue weighted by molar-refractivity contribution is 0.550. The average molecular weight is 277 g/mol. The second-order valence-electron chi connectivity index (χ2n) is 5.60. The van der Waals surface area contributed by atoms with E-state index in [1.807, 2.05) is 0 Å². The van der Waals surface area contributed by atoms with Gasteiger partial charge in [0.1, 0.15) is 5.82 Å². The Balaban J connectivity index is 1.72. The van der Waals surface area contributed by atoms with Crippen LogP contribution in [0.25, 0.3) is 11.0 Å². The molecule has 0 bridgehead atoms. The van der Waals surface area contributed by atoms with E-state index in [0.717, 1.165) is 25.0 Å². The van der Waals surface area contributed by atoms with E-state index in [0.29, 0.717) is 6.04 Å². The molecule has 0 spiro atoms. The van der Waals surface area contributed by atoms with Gasteiger partial charge in [-0.2, -0.15) is 0 Å². The van der Waals surface area contributed by atoms with Gasteiger partial charge in [-0.15, -0.1) is 0 Å². The van der Waals surface area contributed by atoms with Crippen LogP contribution in [0.4, 0.5) is 0 Å². The first-order valence-corrected chi connectivity index (χ1v) is 7.62. The number of aryl methyl sites for hydroxylation is 1. The number of fused-ring (bicyclic) bond motifs is 2. The van der Waals surface area contributed by atoms with Crippen LogP contribution >= 0.6 is 0 Å². The standard InChI is InChI=1S/C18H19N3/c1-2-21-17-10-6-5-9-15(17)20-18(21)11-16-14-8-4-3-7-13(14)12-19-16/h3-10,16,19H,2,11-12H2,1H3. The van der Waals surface area contributed by atoms with Gasteiger partial charge in [-0.25, -0.2) is 4.98 Å². The molecule has 1 N–H and O–H groups in total. The maximum Gasteiger partial charge on any atom is 0.111 e. The highest BCUT2D eigenvalue weighted by Gasteiger charge is 2.23. The van der Waals surface area contributed by atoms with E-state index in [1.54, 1.807) is 0 Å². The first kappa shape index (κ1) is 12.6. The van der Waals surface area contributed by atoms with Crippen LogP contribution in [0.2, 0.25) is 0 Å². The molecule has 2 aromatic carbocycles. The third-order valence-electron chi connectivity index (χ3n) is 4.41. The lowest BCUT2D eigenvalue weighted by atomic mass is 10.0. The van der Waals surface area contributed by atoms with E-state index < -0.39 is 0 Å². The molecule has 3 heteroatoms. The Labute approximate surface area is 124 Å². The van der Waals surface area contributed by atoms with E-state index in [2.05, 4.69) is 65.3 Å². The van der Waals surface area contributed by atoms with Gasteiger partial charge in [-0.1, -0.05) is 36.4 Å². The minimum absolute atomic E-state index is 0.378. The summed E-state index contributed by atoms with van der Waals surface area (Å²) in [6.07, 6.45) is 0.944. The van der Waals surface area contributed by atoms with E-state index >= 15 is 0 Å². The summed E-state index contributed by atoms with van der Waals surface area (Å²) in [6.45, 7) is 4.12. The van der Waals surface area contributed by atoms with Crippen LogP contribution in [0.1, 0.15) is 29.9 Å². The number of nitrogens with zero attached hydrogens (tertiary/aromatic N) is 2. The molecular weight excluding hydrogens is 258 g/mol. The molecule has 0 aliphatic carbocycles. The number of para-hydroxylation sites is 2. The second-order valence-corrected chi connectivity index (χ2v) is 5.60. The molecule has 3 nitrogen and oxygen atoms in total. The van der Waals surface area contributed by atoms with Crippen LogP contribution < -0.4 is 5.32 Å². The molecule has 1 aliphatic heterocycles. The third-order valence-corrected chi connectivity index (χ3v) is 4.41. The number of imidazole rings is 1. The molecule has 0 saturated carbocycles. The smallest absolute Gasteiger partial charge is 0.111 e. The molecule has 1 aromatic heterocycles. The van der Waals surface area contributed by atoms with Gasteiger partial charge in [0, 0.05) is 25.6 Å². The molecule has 4 rings (SSSR count). The number of benzene rings is 2. The zero-order chi connectivity index (χ0) is 14.2. The van der Waals surface area contributed by atoms with Crippen molar-refractivity contribution in [3.05, 3.63) is 65.5 Å². The van der Waals surface area contributed by atoms with Crippen molar-refractivity contribution in [1.29, 1.82) is 0 Å². The van der Waals surface area contributed by atoms with E-state index in [9.17, 15) is 0 Å². The largest absolute Gasteiger partial charge is 0.328 e. The minimum atomic E-state index is 0.378. The van der Waals surface area contributed by atoms with Crippen LogP contribution in [0, 0.1) is 0 Å². The van der Waals surface area contributed by atoms with E-state index in [1.165, 1.54) is 22.5 Å². The predicted octanol–water partition coefficient (Wildman–Crippen LogP) is 3.44. The summed E-state index contributed by atoms with van der Waals surface area (Å²) < 4.78 is 2.33. The topological polar surface area (TPSA) is 29.9 Å². The highest BCUT2D eigenvalue weighted by Crippen LogP contribution is 2.28. The Bertz CT molecular complexity index is 788. The fourth-order valence-electron chi connectivity index (χ4n) is 3.38. The van der Waals surface area contributed by atoms with Crippen molar-refractivity contribution in [2.45, 2.75) is 32.5 Å². The quantitative estimate of drug-likeness (QED) is 0.794. The van der Waals surface area contributed by atoms with Crippen LogP contribution in [0.3, 0.4) is 0 Å². The Morgan fingerprint density at radius 3 is 2.86 bits per heavy atom. The fourth-order valence-corrected chi connectivity index (χ4v) is 3.38. The molecule has 3 aromatic rings. The Morgan fingerprint density at radius 1 is 1.14 bits per heavy atom. The van der Waals surface area contributed by atoms with Crippen LogP contribution in [0.5, 0.6) is 0 Å². The van der Waals surface area contributed by atoms with Crippen molar-refractivity contribution >= 4 is 11.0 Å². The Hall–Kier alpha value is -2.13. The predicted molar refractivity (Wildman–Crippen MR) is 85.1 cm³/mol. The highest BCUT2D eigenvalue weighted by molar-refractivity contribution is 5.75. The highest BCUT2D eigenvalue weighted by atomic mass is 15.1. The summed E-state index contributed by atoms with van der Waals surface area (Å²) in [5.41, 5.74) is 5.18. The monoisotopic (exact) mass is 277 g/mol. The summed E-state index contributed by atoms with van der Waals surface area (Å²) in [6, 6.07) is 17.5. The van der Waals surface area contributed by atoms with Crippen molar-refractivity contribution in [3.8, 4) is 0 Å². The summed E-state index contributed by atoms with van der Waals surface area (Å²) in [5, 5.41) is 3.61. The maximum atomic E-state index is 4.84. The lowest BCUT2D eigenvalue weighted by Gasteiger charge is -2.13. The second kappa shape index (κ2) is 5.01. The van der Waals surface area contributed by atoms with Gasteiger partial charge < -0.3 is 9.88 Å². The fraction of sp³-hybridized carbons (Fsp3) is 0.278. The summed E-state index contributed by atoms with van der Waals surface area (Å²) in [5.74, 6) is 1.17. The lowest BCUT2D eigenvalue weighted by Crippen LogP contribution is -2.17. The van der Waals surface area contributed by atoms with Crippen molar-refractivity contribution in [3.63, 3.8) is 0 Å². The van der Waals surface area contributed by atoms with Gasteiger partial charge >= 0.3 is 0 Å². The molecule has 21 heavy (non-hydrogen) atoms. The molecule has 1 aliphatic rings. The number of hydrogen-bond acceptors (Lipinski definition) is 2. The van der Waals surface area contributed by atoms with Gasteiger partial charge in [-0.3, -0.25) is 0 Å². The van der Waals surface area contributed by atoms with Crippen molar-refractivity contribution in [2.75, 3.05) is 0 Å². The number of nitrogens with one attached hydrogen (secondary N) is 1. The SMILES string of the molecule is CCn1c(CC2NCc3ccccc32)nc2ccccc21. The van der Waals surface area contributed by atoms with E-state index in [-0.39, 0.29) is 0 Å². The molecule has 0 fully saturated rings. The molecular formula is C18H19N3. The first-order chi connectivity index (χ1) is 10.4. The molecule has 0 amide bonds. The molecule has 0 saturated heterocycles. The van der Waals surface area contributed by atoms with Gasteiger partial charge in [0.25, 0.3) is 0 Å². The molecule has 1 atom stereocenters. The summed E-state index contributed by atoms with van der Waals surface area (Å²) in [7, 11) is 0. The van der Waals surface area contributed by atoms with Gasteiger partial charge in [-0.05, 0) is 30.2 Å².